The third-order valence-corrected chi connectivity index (χ3v) is 4.32. The molecule has 1 aromatic heterocycles. The molecule has 0 spiro atoms. The van der Waals surface area contributed by atoms with E-state index in [1.54, 1.807) is 18.2 Å². The zero-order chi connectivity index (χ0) is 19.1. The second-order valence-electron chi connectivity index (χ2n) is 5.00. The highest BCUT2D eigenvalue weighted by molar-refractivity contribution is 8.00. The first-order chi connectivity index (χ1) is 12.4. The van der Waals surface area contributed by atoms with Gasteiger partial charge in [0.05, 0.1) is 20.6 Å². The van der Waals surface area contributed by atoms with Crippen LogP contribution in [0.3, 0.4) is 0 Å². The van der Waals surface area contributed by atoms with Crippen LogP contribution in [0.25, 0.3) is 0 Å². The minimum absolute atomic E-state index is 0.0927. The number of pyridine rings is 1. The summed E-state index contributed by atoms with van der Waals surface area (Å²) >= 11 is 6.67. The predicted octanol–water partition coefficient (Wildman–Crippen LogP) is 3.31. The number of nitrogens with one attached hydrogen (secondary N) is 1. The molecule has 1 N–H and O–H groups in total. The lowest BCUT2D eigenvalue weighted by atomic mass is 10.3. The van der Waals surface area contributed by atoms with Crippen molar-refractivity contribution >= 4 is 46.7 Å². The van der Waals surface area contributed by atoms with E-state index in [1.165, 1.54) is 31.3 Å². The number of nitro groups is 1. The number of rotatable bonds is 7. The summed E-state index contributed by atoms with van der Waals surface area (Å²) in [5, 5.41) is 13.9. The van der Waals surface area contributed by atoms with Gasteiger partial charge in [0.1, 0.15) is 5.82 Å². The highest BCUT2D eigenvalue weighted by Crippen LogP contribution is 2.28. The molecule has 26 heavy (non-hydrogen) atoms. The van der Waals surface area contributed by atoms with Crippen molar-refractivity contribution in [1.29, 1.82) is 0 Å². The van der Waals surface area contributed by atoms with Gasteiger partial charge in [0.25, 0.3) is 11.6 Å². The van der Waals surface area contributed by atoms with Gasteiger partial charge in [-0.3, -0.25) is 19.7 Å². The molecule has 0 radical (unpaired) electrons. The fourth-order valence-corrected chi connectivity index (χ4v) is 2.75. The van der Waals surface area contributed by atoms with Crippen molar-refractivity contribution in [2.75, 3.05) is 11.1 Å². The van der Waals surface area contributed by atoms with Crippen LogP contribution in [0, 0.1) is 10.1 Å². The molecule has 0 aliphatic carbocycles. The number of aromatic nitrogens is 1. The highest BCUT2D eigenvalue weighted by Gasteiger charge is 2.20. The van der Waals surface area contributed by atoms with E-state index in [2.05, 4.69) is 10.3 Å². The normalized spacial score (nSPS) is 11.5. The molecule has 0 fully saturated rings. The van der Waals surface area contributed by atoms with E-state index in [4.69, 9.17) is 16.3 Å². The van der Waals surface area contributed by atoms with Crippen LogP contribution >= 0.6 is 23.4 Å². The first kappa shape index (κ1) is 19.7. The molecule has 136 valence electrons. The lowest BCUT2D eigenvalue weighted by Crippen LogP contribution is -2.30. The SMILES string of the molecule is C[C@H](OC(=O)CSc1ccccc1[N+](=O)[O-])C(=O)Nc1ccc(Cl)cn1. The molecule has 0 aliphatic rings. The number of benzene rings is 1. The topological polar surface area (TPSA) is 111 Å². The van der Waals surface area contributed by atoms with E-state index in [0.717, 1.165) is 11.8 Å². The minimum Gasteiger partial charge on any atom is -0.452 e. The van der Waals surface area contributed by atoms with Gasteiger partial charge < -0.3 is 10.1 Å². The summed E-state index contributed by atoms with van der Waals surface area (Å²) in [6.07, 6.45) is 0.323. The van der Waals surface area contributed by atoms with Gasteiger partial charge in [-0.1, -0.05) is 23.7 Å². The van der Waals surface area contributed by atoms with Gasteiger partial charge >= 0.3 is 5.97 Å². The monoisotopic (exact) mass is 395 g/mol. The summed E-state index contributed by atoms with van der Waals surface area (Å²) in [4.78, 5) is 38.5. The smallest absolute Gasteiger partial charge is 0.317 e. The quantitative estimate of drug-likeness (QED) is 0.331. The number of thioether (sulfide) groups is 1. The van der Waals surface area contributed by atoms with Crippen molar-refractivity contribution in [3.63, 3.8) is 0 Å². The van der Waals surface area contributed by atoms with Crippen molar-refractivity contribution in [1.82, 2.24) is 4.98 Å². The Morgan fingerprint density at radius 2 is 2.08 bits per heavy atom. The fourth-order valence-electron chi connectivity index (χ4n) is 1.83. The summed E-state index contributed by atoms with van der Waals surface area (Å²) in [6.45, 7) is 1.42. The van der Waals surface area contributed by atoms with Crippen LogP contribution in [-0.4, -0.2) is 33.6 Å². The van der Waals surface area contributed by atoms with Gasteiger partial charge in [-0.2, -0.15) is 0 Å². The molecule has 1 amide bonds. The second kappa shape index (κ2) is 9.16. The van der Waals surface area contributed by atoms with E-state index in [-0.39, 0.29) is 17.3 Å². The maximum atomic E-state index is 12.0. The Balaban J connectivity index is 1.86. The molecule has 0 aliphatic heterocycles. The Morgan fingerprint density at radius 1 is 1.35 bits per heavy atom. The third kappa shape index (κ3) is 5.71. The van der Waals surface area contributed by atoms with Crippen LogP contribution in [0.2, 0.25) is 5.02 Å². The Labute approximate surface area is 158 Å². The number of esters is 1. The molecule has 8 nitrogen and oxygen atoms in total. The molecule has 0 saturated carbocycles. The van der Waals surface area contributed by atoms with E-state index in [1.807, 2.05) is 0 Å². The van der Waals surface area contributed by atoms with Gasteiger partial charge in [0.2, 0.25) is 0 Å². The number of halogens is 1. The average molecular weight is 396 g/mol. The molecule has 0 unspecified atom stereocenters. The van der Waals surface area contributed by atoms with Gasteiger partial charge in [0.15, 0.2) is 6.10 Å². The Bertz CT molecular complexity index is 816. The molecule has 0 saturated heterocycles. The van der Waals surface area contributed by atoms with Crippen molar-refractivity contribution < 1.29 is 19.2 Å². The summed E-state index contributed by atoms with van der Waals surface area (Å²) in [7, 11) is 0. The molecule has 0 bridgehead atoms. The third-order valence-electron chi connectivity index (χ3n) is 3.06. The largest absolute Gasteiger partial charge is 0.452 e. The summed E-state index contributed by atoms with van der Waals surface area (Å²) < 4.78 is 5.03. The van der Waals surface area contributed by atoms with Gasteiger partial charge in [-0.15, -0.1) is 11.8 Å². The second-order valence-corrected chi connectivity index (χ2v) is 6.45. The summed E-state index contributed by atoms with van der Waals surface area (Å²) in [5.41, 5.74) is -0.0927. The molecule has 2 aromatic rings. The lowest BCUT2D eigenvalue weighted by molar-refractivity contribution is -0.387. The van der Waals surface area contributed by atoms with E-state index >= 15 is 0 Å². The van der Waals surface area contributed by atoms with Gasteiger partial charge in [-0.25, -0.2) is 4.98 Å². The number of nitro benzene ring substituents is 1. The number of para-hydroxylation sites is 1. The van der Waals surface area contributed by atoms with E-state index in [0.29, 0.717) is 9.92 Å². The first-order valence-corrected chi connectivity index (χ1v) is 8.71. The molecule has 1 heterocycles. The molecular weight excluding hydrogens is 382 g/mol. The van der Waals surface area contributed by atoms with Crippen molar-refractivity contribution in [3.8, 4) is 0 Å². The standard InChI is InChI=1S/C16H14ClN3O5S/c1-10(16(22)19-14-7-6-11(17)8-18-14)25-15(21)9-26-13-5-3-2-4-12(13)20(23)24/h2-8,10H,9H2,1H3,(H,18,19,22)/t10-/m0/s1. The Kier molecular flexibility index (Phi) is 6.93. The number of hydrogen-bond donors (Lipinski definition) is 1. The summed E-state index contributed by atoms with van der Waals surface area (Å²) in [6, 6.07) is 9.14. The number of hydrogen-bond acceptors (Lipinski definition) is 7. The van der Waals surface area contributed by atoms with E-state index in [9.17, 15) is 19.7 Å². The fraction of sp³-hybridized carbons (Fsp3) is 0.188. The molecule has 10 heteroatoms. The highest BCUT2D eigenvalue weighted by atomic mass is 35.5. The first-order valence-electron chi connectivity index (χ1n) is 7.35. The number of amides is 1. The Hall–Kier alpha value is -2.65. The number of carbonyl (C=O) groups excluding carboxylic acids is 2. The van der Waals surface area contributed by atoms with Crippen LogP contribution in [0.1, 0.15) is 6.92 Å². The van der Waals surface area contributed by atoms with Crippen molar-refractivity contribution in [2.24, 2.45) is 0 Å². The Morgan fingerprint density at radius 3 is 2.73 bits per heavy atom. The maximum absolute atomic E-state index is 12.0. The van der Waals surface area contributed by atoms with Crippen LogP contribution in [0.4, 0.5) is 11.5 Å². The van der Waals surface area contributed by atoms with Crippen molar-refractivity contribution in [2.45, 2.75) is 17.9 Å². The predicted molar refractivity (Wildman–Crippen MR) is 97.3 cm³/mol. The van der Waals surface area contributed by atoms with Crippen LogP contribution in [0.5, 0.6) is 0 Å². The van der Waals surface area contributed by atoms with Crippen LogP contribution in [-0.2, 0) is 14.3 Å². The van der Waals surface area contributed by atoms with E-state index < -0.39 is 22.9 Å². The molecule has 2 rings (SSSR count). The number of ether oxygens (including phenoxy) is 1. The molecule has 1 aromatic carbocycles. The average Bonchev–Trinajstić information content (AvgIpc) is 2.62. The zero-order valence-corrected chi connectivity index (χ0v) is 15.1. The van der Waals surface area contributed by atoms with Gasteiger partial charge in [0, 0.05) is 12.3 Å². The zero-order valence-electron chi connectivity index (χ0n) is 13.5. The van der Waals surface area contributed by atoms with Gasteiger partial charge in [-0.05, 0) is 25.1 Å². The summed E-state index contributed by atoms with van der Waals surface area (Å²) in [5.74, 6) is -1.11. The lowest BCUT2D eigenvalue weighted by Gasteiger charge is -2.13. The maximum Gasteiger partial charge on any atom is 0.317 e. The molecule has 1 atom stereocenters. The van der Waals surface area contributed by atoms with Crippen molar-refractivity contribution in [3.05, 3.63) is 57.7 Å². The number of nitrogens with zero attached hydrogens (tertiary/aromatic N) is 2. The number of carbonyl (C=O) groups is 2. The number of anilines is 1. The van der Waals surface area contributed by atoms with Crippen LogP contribution in [0.15, 0.2) is 47.5 Å². The molecular formula is C16H14ClN3O5S. The minimum atomic E-state index is -1.05. The van der Waals surface area contributed by atoms with Crippen LogP contribution < -0.4 is 5.32 Å².